The molecule has 2 aromatic heterocycles. The Hall–Kier alpha value is -2.50. The molecule has 3 heterocycles. The van der Waals surface area contributed by atoms with Gasteiger partial charge < -0.3 is 18.8 Å². The molecule has 0 radical (unpaired) electrons. The van der Waals surface area contributed by atoms with Crippen LogP contribution in [0.15, 0.2) is 27.0 Å². The first kappa shape index (κ1) is 17.3. The molecular weight excluding hydrogens is 322 g/mol. The van der Waals surface area contributed by atoms with Crippen LogP contribution in [0.1, 0.15) is 77.3 Å². The molecule has 1 aliphatic rings. The van der Waals surface area contributed by atoms with E-state index in [-0.39, 0.29) is 23.3 Å². The van der Waals surface area contributed by atoms with Crippen LogP contribution in [0.5, 0.6) is 0 Å². The maximum atomic E-state index is 13.0. The van der Waals surface area contributed by atoms with Gasteiger partial charge in [0.15, 0.2) is 5.76 Å². The van der Waals surface area contributed by atoms with Crippen LogP contribution in [0.3, 0.4) is 0 Å². The fraction of sp³-hybridized carbons (Fsp3) is 0.474. The number of piperidine rings is 1. The van der Waals surface area contributed by atoms with Crippen LogP contribution in [-0.2, 0) is 12.8 Å². The SMILES string of the molecule is CCc1ccc(C2CCCCN2C(=O)c2cc(C(=O)O)c(CC)o2)o1. The number of carbonyl (C=O) groups is 2. The summed E-state index contributed by atoms with van der Waals surface area (Å²) >= 11 is 0. The van der Waals surface area contributed by atoms with Crippen molar-refractivity contribution in [3.8, 4) is 0 Å². The number of hydrogen-bond donors (Lipinski definition) is 1. The molecule has 0 saturated carbocycles. The lowest BCUT2D eigenvalue weighted by Crippen LogP contribution is -2.38. The van der Waals surface area contributed by atoms with Crippen molar-refractivity contribution >= 4 is 11.9 Å². The molecule has 1 unspecified atom stereocenters. The van der Waals surface area contributed by atoms with Crippen molar-refractivity contribution in [2.45, 2.75) is 52.0 Å². The Bertz CT molecular complexity index is 773. The number of amides is 1. The largest absolute Gasteiger partial charge is 0.478 e. The van der Waals surface area contributed by atoms with Crippen molar-refractivity contribution in [2.75, 3.05) is 6.54 Å². The molecule has 0 bridgehead atoms. The zero-order valence-electron chi connectivity index (χ0n) is 14.6. The van der Waals surface area contributed by atoms with Crippen molar-refractivity contribution in [1.29, 1.82) is 0 Å². The van der Waals surface area contributed by atoms with Crippen LogP contribution in [0.25, 0.3) is 0 Å². The lowest BCUT2D eigenvalue weighted by molar-refractivity contribution is 0.0544. The van der Waals surface area contributed by atoms with E-state index in [9.17, 15) is 14.7 Å². The Morgan fingerprint density at radius 3 is 2.60 bits per heavy atom. The zero-order valence-corrected chi connectivity index (χ0v) is 14.6. The summed E-state index contributed by atoms with van der Waals surface area (Å²) < 4.78 is 11.4. The minimum absolute atomic E-state index is 0.0608. The lowest BCUT2D eigenvalue weighted by atomic mass is 9.99. The van der Waals surface area contributed by atoms with E-state index in [1.54, 1.807) is 11.8 Å². The highest BCUT2D eigenvalue weighted by Crippen LogP contribution is 2.34. The van der Waals surface area contributed by atoms with Crippen LogP contribution in [0.4, 0.5) is 0 Å². The van der Waals surface area contributed by atoms with Gasteiger partial charge in [-0.3, -0.25) is 4.79 Å². The molecule has 1 amide bonds. The van der Waals surface area contributed by atoms with Gasteiger partial charge in [-0.15, -0.1) is 0 Å². The van der Waals surface area contributed by atoms with Crippen molar-refractivity contribution in [3.63, 3.8) is 0 Å². The highest BCUT2D eigenvalue weighted by Gasteiger charge is 2.33. The standard InChI is InChI=1S/C19H23NO5/c1-3-12-8-9-16(24-12)14-7-5-6-10-20(14)18(21)17-11-13(19(22)23)15(4-2)25-17/h8-9,11,14H,3-7,10H2,1-2H3,(H,22,23). The Labute approximate surface area is 146 Å². The molecule has 1 aliphatic heterocycles. The minimum atomic E-state index is -1.08. The van der Waals surface area contributed by atoms with E-state index < -0.39 is 5.97 Å². The van der Waals surface area contributed by atoms with E-state index in [2.05, 4.69) is 0 Å². The van der Waals surface area contributed by atoms with Crippen molar-refractivity contribution in [3.05, 3.63) is 46.8 Å². The average molecular weight is 345 g/mol. The van der Waals surface area contributed by atoms with E-state index in [0.717, 1.165) is 37.2 Å². The van der Waals surface area contributed by atoms with Gasteiger partial charge in [0.05, 0.1) is 6.04 Å². The number of hydrogen-bond acceptors (Lipinski definition) is 4. The lowest BCUT2D eigenvalue weighted by Gasteiger charge is -2.33. The minimum Gasteiger partial charge on any atom is -0.478 e. The number of carbonyl (C=O) groups excluding carboxylic acids is 1. The highest BCUT2D eigenvalue weighted by atomic mass is 16.4. The Balaban J connectivity index is 1.89. The third kappa shape index (κ3) is 3.34. The van der Waals surface area contributed by atoms with Gasteiger partial charge in [0.25, 0.3) is 5.91 Å². The Morgan fingerprint density at radius 2 is 2.00 bits per heavy atom. The fourth-order valence-electron chi connectivity index (χ4n) is 3.35. The van der Waals surface area contributed by atoms with E-state index in [1.807, 2.05) is 19.1 Å². The number of likely N-dealkylation sites (tertiary alicyclic amines) is 1. The maximum absolute atomic E-state index is 13.0. The first-order valence-corrected chi connectivity index (χ1v) is 8.80. The van der Waals surface area contributed by atoms with Crippen LogP contribution >= 0.6 is 0 Å². The van der Waals surface area contributed by atoms with Gasteiger partial charge in [0, 0.05) is 25.5 Å². The molecule has 0 spiro atoms. The van der Waals surface area contributed by atoms with Gasteiger partial charge in [-0.05, 0) is 31.4 Å². The molecule has 1 atom stereocenters. The van der Waals surface area contributed by atoms with E-state index in [0.29, 0.717) is 18.7 Å². The topological polar surface area (TPSA) is 83.9 Å². The normalized spacial score (nSPS) is 17.7. The second-order valence-corrected chi connectivity index (χ2v) is 6.27. The van der Waals surface area contributed by atoms with Gasteiger partial charge in [0.1, 0.15) is 22.8 Å². The van der Waals surface area contributed by atoms with E-state index >= 15 is 0 Å². The molecule has 1 N–H and O–H groups in total. The number of aryl methyl sites for hydroxylation is 2. The predicted octanol–water partition coefficient (Wildman–Crippen LogP) is 4.06. The van der Waals surface area contributed by atoms with E-state index in [4.69, 9.17) is 8.83 Å². The summed E-state index contributed by atoms with van der Waals surface area (Å²) in [7, 11) is 0. The molecule has 0 aliphatic carbocycles. The average Bonchev–Trinajstić information content (AvgIpc) is 3.27. The molecule has 3 rings (SSSR count). The van der Waals surface area contributed by atoms with Crippen LogP contribution < -0.4 is 0 Å². The van der Waals surface area contributed by atoms with Gasteiger partial charge in [-0.1, -0.05) is 13.8 Å². The van der Waals surface area contributed by atoms with Crippen LogP contribution in [-0.4, -0.2) is 28.4 Å². The first-order valence-electron chi connectivity index (χ1n) is 8.80. The molecule has 0 aromatic carbocycles. The summed E-state index contributed by atoms with van der Waals surface area (Å²) in [5.41, 5.74) is 0.0608. The monoisotopic (exact) mass is 345 g/mol. The second-order valence-electron chi connectivity index (χ2n) is 6.27. The van der Waals surface area contributed by atoms with Gasteiger partial charge in [-0.25, -0.2) is 4.79 Å². The first-order chi connectivity index (χ1) is 12.0. The molecule has 134 valence electrons. The molecule has 1 saturated heterocycles. The third-order valence-electron chi connectivity index (χ3n) is 4.69. The fourth-order valence-corrected chi connectivity index (χ4v) is 3.35. The van der Waals surface area contributed by atoms with Gasteiger partial charge >= 0.3 is 5.97 Å². The Morgan fingerprint density at radius 1 is 1.20 bits per heavy atom. The number of carboxylic acid groups (broad SMARTS) is 1. The second kappa shape index (κ2) is 7.17. The predicted molar refractivity (Wildman–Crippen MR) is 90.8 cm³/mol. The van der Waals surface area contributed by atoms with Gasteiger partial charge in [-0.2, -0.15) is 0 Å². The summed E-state index contributed by atoms with van der Waals surface area (Å²) in [5, 5.41) is 9.26. The molecular formula is C19H23NO5. The third-order valence-corrected chi connectivity index (χ3v) is 4.69. The van der Waals surface area contributed by atoms with Crippen molar-refractivity contribution in [1.82, 2.24) is 4.90 Å². The number of nitrogens with zero attached hydrogens (tertiary/aromatic N) is 1. The summed E-state index contributed by atoms with van der Waals surface area (Å²) in [5.74, 6) is 0.743. The molecule has 25 heavy (non-hydrogen) atoms. The number of aromatic carboxylic acids is 1. The zero-order chi connectivity index (χ0) is 18.0. The number of furan rings is 2. The highest BCUT2D eigenvalue weighted by molar-refractivity contribution is 5.96. The van der Waals surface area contributed by atoms with Crippen LogP contribution in [0, 0.1) is 0 Å². The summed E-state index contributed by atoms with van der Waals surface area (Å²) in [6.07, 6.45) is 4.00. The molecule has 1 fully saturated rings. The quantitative estimate of drug-likeness (QED) is 0.883. The number of rotatable bonds is 5. The molecule has 2 aromatic rings. The van der Waals surface area contributed by atoms with E-state index in [1.165, 1.54) is 6.07 Å². The smallest absolute Gasteiger partial charge is 0.339 e. The molecule has 6 nitrogen and oxygen atoms in total. The Kier molecular flexibility index (Phi) is 4.97. The number of carboxylic acids is 1. The van der Waals surface area contributed by atoms with Crippen molar-refractivity contribution in [2.24, 2.45) is 0 Å². The van der Waals surface area contributed by atoms with Crippen LogP contribution in [0.2, 0.25) is 0 Å². The summed E-state index contributed by atoms with van der Waals surface area (Å²) in [6.45, 7) is 4.43. The van der Waals surface area contributed by atoms with Crippen molar-refractivity contribution < 1.29 is 23.5 Å². The summed E-state index contributed by atoms with van der Waals surface area (Å²) in [4.78, 5) is 26.0. The molecule has 6 heteroatoms. The maximum Gasteiger partial charge on any atom is 0.339 e. The summed E-state index contributed by atoms with van der Waals surface area (Å²) in [6, 6.07) is 5.08. The van der Waals surface area contributed by atoms with Gasteiger partial charge in [0.2, 0.25) is 0 Å².